The predicted octanol–water partition coefficient (Wildman–Crippen LogP) is 4.55. The van der Waals surface area contributed by atoms with Crippen molar-refractivity contribution in [2.24, 2.45) is 0 Å². The number of methoxy groups -OCH3 is 1. The van der Waals surface area contributed by atoms with Crippen LogP contribution in [0.15, 0.2) is 53.0 Å². The maximum atomic E-state index is 10.7. The summed E-state index contributed by atoms with van der Waals surface area (Å²) in [5.41, 5.74) is 2.90. The van der Waals surface area contributed by atoms with Gasteiger partial charge in [-0.1, -0.05) is 18.2 Å². The lowest BCUT2D eigenvalue weighted by Gasteiger charge is -2.28. The highest BCUT2D eigenvalue weighted by Crippen LogP contribution is 2.45. The summed E-state index contributed by atoms with van der Waals surface area (Å²) in [7, 11) is 1.65. The Balaban J connectivity index is 2.43. The third kappa shape index (κ3) is 4.04. The molecule has 116 valence electrons. The van der Waals surface area contributed by atoms with E-state index in [1.165, 1.54) is 11.0 Å². The molecule has 0 saturated carbocycles. The van der Waals surface area contributed by atoms with Gasteiger partial charge in [0.25, 0.3) is 0 Å². The fraction of sp³-hybridized carbons (Fsp3) is 0.278. The Labute approximate surface area is 135 Å². The van der Waals surface area contributed by atoms with E-state index in [9.17, 15) is 4.79 Å². The number of carboxylic acids is 1. The van der Waals surface area contributed by atoms with Gasteiger partial charge in [0.15, 0.2) is 0 Å². The van der Waals surface area contributed by atoms with Crippen molar-refractivity contribution in [1.82, 2.24) is 0 Å². The first kappa shape index (κ1) is 16.4. The summed E-state index contributed by atoms with van der Waals surface area (Å²) in [6, 6.07) is 6.05. The highest BCUT2D eigenvalue weighted by molar-refractivity contribution is 8.01. The van der Waals surface area contributed by atoms with Gasteiger partial charge < -0.3 is 9.84 Å². The minimum Gasteiger partial charge on any atom is -0.497 e. The number of allylic oxidation sites excluding steroid dienone is 4. The van der Waals surface area contributed by atoms with Crippen LogP contribution in [0, 0.1) is 0 Å². The van der Waals surface area contributed by atoms with Crippen LogP contribution in [0.2, 0.25) is 0 Å². The largest absolute Gasteiger partial charge is 0.497 e. The van der Waals surface area contributed by atoms with Crippen LogP contribution in [0.3, 0.4) is 0 Å². The second-order valence-electron chi connectivity index (χ2n) is 5.73. The number of rotatable bonds is 4. The Kier molecular flexibility index (Phi) is 4.81. The Bertz CT molecular complexity index is 682. The molecule has 0 bridgehead atoms. The molecule has 4 heteroatoms. The number of carbonyl (C=O) groups is 1. The summed E-state index contributed by atoms with van der Waals surface area (Å²) in [5.74, 6) is -0.117. The average Bonchev–Trinajstić information content (AvgIpc) is 2.42. The van der Waals surface area contributed by atoms with E-state index in [1.54, 1.807) is 14.0 Å². The highest BCUT2D eigenvalue weighted by Gasteiger charge is 2.25. The molecule has 0 aliphatic carbocycles. The third-order valence-corrected chi connectivity index (χ3v) is 4.47. The molecule has 0 unspecified atom stereocenters. The van der Waals surface area contributed by atoms with Gasteiger partial charge >= 0.3 is 5.97 Å². The van der Waals surface area contributed by atoms with Gasteiger partial charge in [-0.25, -0.2) is 4.79 Å². The summed E-state index contributed by atoms with van der Waals surface area (Å²) in [6.45, 7) is 6.11. The molecule has 0 amide bonds. The van der Waals surface area contributed by atoms with Gasteiger partial charge in [0.05, 0.1) is 7.11 Å². The molecule has 0 fully saturated rings. The SMILES string of the molecule is COc1ccc2c(c1)C(/C=C/C(C)=C/C(=O)O)=CC(C)(C)S2. The van der Waals surface area contributed by atoms with Crippen molar-refractivity contribution in [2.75, 3.05) is 7.11 Å². The molecule has 1 N–H and O–H groups in total. The zero-order valence-corrected chi connectivity index (χ0v) is 14.0. The van der Waals surface area contributed by atoms with Crippen molar-refractivity contribution in [3.05, 3.63) is 53.6 Å². The molecule has 0 spiro atoms. The second-order valence-corrected chi connectivity index (χ2v) is 7.42. The van der Waals surface area contributed by atoms with Crippen molar-refractivity contribution in [1.29, 1.82) is 0 Å². The van der Waals surface area contributed by atoms with Crippen LogP contribution < -0.4 is 4.74 Å². The van der Waals surface area contributed by atoms with Crippen LogP contribution in [-0.4, -0.2) is 22.9 Å². The molecule has 1 aromatic rings. The van der Waals surface area contributed by atoms with Gasteiger partial charge in [-0.15, -0.1) is 11.8 Å². The van der Waals surface area contributed by atoms with Gasteiger partial charge in [0.1, 0.15) is 5.75 Å². The lowest BCUT2D eigenvalue weighted by molar-refractivity contribution is -0.131. The fourth-order valence-electron chi connectivity index (χ4n) is 2.32. The first-order valence-electron chi connectivity index (χ1n) is 7.00. The van der Waals surface area contributed by atoms with Crippen molar-refractivity contribution in [2.45, 2.75) is 30.4 Å². The topological polar surface area (TPSA) is 46.5 Å². The molecule has 1 aromatic carbocycles. The van der Waals surface area contributed by atoms with Gasteiger partial charge in [0, 0.05) is 15.7 Å². The van der Waals surface area contributed by atoms with Crippen molar-refractivity contribution >= 4 is 23.3 Å². The summed E-state index contributed by atoms with van der Waals surface area (Å²) in [5, 5.41) is 8.79. The number of fused-ring (bicyclic) bond motifs is 1. The molecule has 1 heterocycles. The van der Waals surface area contributed by atoms with Crippen LogP contribution in [0.25, 0.3) is 5.57 Å². The van der Waals surface area contributed by atoms with E-state index in [0.717, 1.165) is 16.9 Å². The Morgan fingerprint density at radius 1 is 1.36 bits per heavy atom. The van der Waals surface area contributed by atoms with Crippen LogP contribution in [0.1, 0.15) is 26.3 Å². The van der Waals surface area contributed by atoms with E-state index in [0.29, 0.717) is 5.57 Å². The molecule has 1 aliphatic heterocycles. The van der Waals surface area contributed by atoms with Crippen molar-refractivity contribution < 1.29 is 14.6 Å². The van der Waals surface area contributed by atoms with Gasteiger partial charge in [0.2, 0.25) is 0 Å². The van der Waals surface area contributed by atoms with E-state index in [4.69, 9.17) is 9.84 Å². The molecular formula is C18H20O3S. The lowest BCUT2D eigenvalue weighted by atomic mass is 9.98. The normalized spacial score (nSPS) is 17.1. The standard InChI is InChI=1S/C18H20O3S/c1-12(9-17(19)20)5-6-13-11-18(2,3)22-16-8-7-14(21-4)10-15(13)16/h5-11H,1-4H3,(H,19,20)/b6-5+,12-9+. The van der Waals surface area contributed by atoms with Crippen LogP contribution in [0.5, 0.6) is 5.75 Å². The fourth-order valence-corrected chi connectivity index (χ4v) is 3.49. The number of aliphatic carboxylic acids is 1. The summed E-state index contributed by atoms with van der Waals surface area (Å²) in [6.07, 6.45) is 7.19. The maximum Gasteiger partial charge on any atom is 0.328 e. The smallest absolute Gasteiger partial charge is 0.328 e. The van der Waals surface area contributed by atoms with Crippen LogP contribution in [0.4, 0.5) is 0 Å². The minimum absolute atomic E-state index is 0.00826. The van der Waals surface area contributed by atoms with E-state index in [2.05, 4.69) is 26.0 Å². The molecule has 0 aromatic heterocycles. The predicted molar refractivity (Wildman–Crippen MR) is 91.4 cm³/mol. The quantitative estimate of drug-likeness (QED) is 0.654. The maximum absolute atomic E-state index is 10.7. The Morgan fingerprint density at radius 3 is 2.73 bits per heavy atom. The molecule has 3 nitrogen and oxygen atoms in total. The van der Waals surface area contributed by atoms with Crippen molar-refractivity contribution in [3.63, 3.8) is 0 Å². The minimum atomic E-state index is -0.933. The van der Waals surface area contributed by atoms with Crippen LogP contribution >= 0.6 is 11.8 Å². The molecular weight excluding hydrogens is 296 g/mol. The van der Waals surface area contributed by atoms with Crippen molar-refractivity contribution in [3.8, 4) is 5.75 Å². The van der Waals surface area contributed by atoms with Gasteiger partial charge in [-0.3, -0.25) is 0 Å². The first-order chi connectivity index (χ1) is 10.3. The molecule has 22 heavy (non-hydrogen) atoms. The van der Waals surface area contributed by atoms with E-state index >= 15 is 0 Å². The zero-order valence-electron chi connectivity index (χ0n) is 13.2. The van der Waals surface area contributed by atoms with Gasteiger partial charge in [-0.05, 0) is 55.7 Å². The third-order valence-electron chi connectivity index (χ3n) is 3.25. The summed E-state index contributed by atoms with van der Waals surface area (Å²) in [4.78, 5) is 11.9. The molecule has 0 atom stereocenters. The average molecular weight is 316 g/mol. The molecule has 1 aliphatic rings. The number of hydrogen-bond donors (Lipinski definition) is 1. The Hall–Kier alpha value is -1.94. The summed E-state index contributed by atoms with van der Waals surface area (Å²) >= 11 is 1.81. The zero-order chi connectivity index (χ0) is 16.3. The van der Waals surface area contributed by atoms with Crippen LogP contribution in [-0.2, 0) is 4.79 Å². The number of carboxylic acid groups (broad SMARTS) is 1. The molecule has 2 rings (SSSR count). The number of thioether (sulfide) groups is 1. The number of hydrogen-bond acceptors (Lipinski definition) is 3. The first-order valence-corrected chi connectivity index (χ1v) is 7.82. The monoisotopic (exact) mass is 316 g/mol. The van der Waals surface area contributed by atoms with E-state index in [1.807, 2.05) is 36.0 Å². The Morgan fingerprint density at radius 2 is 2.09 bits per heavy atom. The summed E-state index contributed by atoms with van der Waals surface area (Å²) < 4.78 is 5.30. The second kappa shape index (κ2) is 6.44. The van der Waals surface area contributed by atoms with E-state index < -0.39 is 5.97 Å². The molecule has 0 radical (unpaired) electrons. The molecule has 0 saturated heterocycles. The van der Waals surface area contributed by atoms with Gasteiger partial charge in [-0.2, -0.15) is 0 Å². The lowest BCUT2D eigenvalue weighted by Crippen LogP contribution is -2.15. The number of benzene rings is 1. The highest BCUT2D eigenvalue weighted by atomic mass is 32.2. The number of ether oxygens (including phenoxy) is 1. The van der Waals surface area contributed by atoms with E-state index in [-0.39, 0.29) is 4.75 Å².